The van der Waals surface area contributed by atoms with Gasteiger partial charge in [-0.3, -0.25) is 14.3 Å². The van der Waals surface area contributed by atoms with E-state index in [1.165, 1.54) is 24.7 Å². The van der Waals surface area contributed by atoms with Gasteiger partial charge in [0.1, 0.15) is 5.60 Å². The summed E-state index contributed by atoms with van der Waals surface area (Å²) in [4.78, 5) is 86.6. The molecule has 24 heteroatoms. The fourth-order valence-electron chi connectivity index (χ4n) is 2.48. The summed E-state index contributed by atoms with van der Waals surface area (Å²) in [6.45, 7) is 2.85. The van der Waals surface area contributed by atoms with Gasteiger partial charge in [0, 0.05) is 0 Å². The Hall–Kier alpha value is -1.67. The number of hydrogen-bond donors (Lipinski definition) is 12. The van der Waals surface area contributed by atoms with Crippen molar-refractivity contribution in [3.05, 3.63) is 16.7 Å². The molecule has 1 saturated heterocycles. The summed E-state index contributed by atoms with van der Waals surface area (Å²) >= 11 is 0. The Morgan fingerprint density at radius 2 is 1.46 bits per heavy atom. The number of phosphoric acid groups is 3. The van der Waals surface area contributed by atoms with Gasteiger partial charge in [-0.25, -0.2) is 23.1 Å². The van der Waals surface area contributed by atoms with Crippen molar-refractivity contribution in [2.45, 2.75) is 38.0 Å². The summed E-state index contributed by atoms with van der Waals surface area (Å²) in [6, 6.07) is 0. The van der Waals surface area contributed by atoms with E-state index in [9.17, 15) is 14.3 Å². The number of aromatic amines is 1. The number of fused-ring (bicyclic) bond motifs is 1. The maximum atomic E-state index is 14.0. The molecular weight excluding hydrogens is 554 g/mol. The molecule has 3 rings (SSSR count). The van der Waals surface area contributed by atoms with E-state index in [1.54, 1.807) is 0 Å². The predicted molar refractivity (Wildman–Crippen MR) is 110 cm³/mol. The Morgan fingerprint density at radius 3 is 1.80 bits per heavy atom. The standard InChI is InChI=1S/C11H14FN5O3.3H3O4P/c1-4-6(12)11(2,19)9(20-4)17-3-14-5-7(17)15-10(13)16-8(5)18;3*1-5(2,3)4/h3-4,6,9,19H,1-2H3,(H3,13,15,16,18);3*(H3,1,2,3,4)/t4-,6?,9-,11?;;;/m1.../s1. The summed E-state index contributed by atoms with van der Waals surface area (Å²) in [6.07, 6.45) is -2.11. The lowest BCUT2D eigenvalue weighted by atomic mass is 9.98. The van der Waals surface area contributed by atoms with Crippen molar-refractivity contribution >= 4 is 40.6 Å². The van der Waals surface area contributed by atoms with Crippen LogP contribution >= 0.6 is 23.5 Å². The van der Waals surface area contributed by atoms with E-state index in [0.717, 1.165) is 0 Å². The van der Waals surface area contributed by atoms with Gasteiger partial charge in [-0.05, 0) is 13.8 Å². The number of nitrogens with zero attached hydrogens (tertiary/aromatic N) is 3. The average molecular weight is 577 g/mol. The van der Waals surface area contributed by atoms with Gasteiger partial charge in [-0.2, -0.15) is 4.98 Å². The molecule has 0 amide bonds. The molecule has 1 aliphatic heterocycles. The zero-order chi connectivity index (χ0) is 28.2. The van der Waals surface area contributed by atoms with Crippen molar-refractivity contribution in [1.29, 1.82) is 0 Å². The fraction of sp³-hybridized carbons (Fsp3) is 0.545. The summed E-state index contributed by atoms with van der Waals surface area (Å²) in [5.41, 5.74) is 3.41. The number of ether oxygens (including phenoxy) is 1. The number of nitrogens with one attached hydrogen (secondary N) is 1. The third kappa shape index (κ3) is 13.3. The summed E-state index contributed by atoms with van der Waals surface area (Å²) < 4.78 is 47.4. The number of alkyl halides is 1. The number of halogens is 1. The quantitative estimate of drug-likeness (QED) is 0.149. The molecule has 0 bridgehead atoms. The molecule has 2 aromatic rings. The van der Waals surface area contributed by atoms with E-state index >= 15 is 0 Å². The van der Waals surface area contributed by atoms with Crippen LogP contribution in [0.3, 0.4) is 0 Å². The largest absolute Gasteiger partial charge is 0.466 e. The molecule has 0 aliphatic carbocycles. The molecule has 2 aromatic heterocycles. The van der Waals surface area contributed by atoms with E-state index in [4.69, 9.17) is 68.2 Å². The smallest absolute Gasteiger partial charge is 0.382 e. The number of anilines is 1. The molecule has 13 N–H and O–H groups in total. The Morgan fingerprint density at radius 1 is 1.06 bits per heavy atom. The fourth-order valence-corrected chi connectivity index (χ4v) is 2.48. The highest BCUT2D eigenvalue weighted by molar-refractivity contribution is 7.45. The summed E-state index contributed by atoms with van der Waals surface area (Å²) in [5, 5.41) is 10.3. The van der Waals surface area contributed by atoms with Crippen LogP contribution in [0.5, 0.6) is 0 Å². The SMILES string of the molecule is C[C@H]1O[C@@H](n2cnc3c(=O)[nH]c(N)nc32)C(C)(O)C1F.O=P(O)(O)O.O=P(O)(O)O.O=P(O)(O)O. The monoisotopic (exact) mass is 577 g/mol. The highest BCUT2D eigenvalue weighted by atomic mass is 31.2. The van der Waals surface area contributed by atoms with Crippen LogP contribution in [-0.2, 0) is 18.4 Å². The van der Waals surface area contributed by atoms with Gasteiger partial charge in [0.05, 0.1) is 12.4 Å². The van der Waals surface area contributed by atoms with Crippen molar-refractivity contribution in [3.63, 3.8) is 0 Å². The molecule has 204 valence electrons. The minimum Gasteiger partial charge on any atom is -0.382 e. The Bertz CT molecular complexity index is 1110. The second-order valence-corrected chi connectivity index (χ2v) is 9.72. The third-order valence-corrected chi connectivity index (χ3v) is 3.52. The molecule has 1 fully saturated rings. The van der Waals surface area contributed by atoms with E-state index < -0.39 is 53.1 Å². The lowest BCUT2D eigenvalue weighted by Gasteiger charge is -2.26. The number of nitrogens with two attached hydrogens (primary N) is 1. The third-order valence-electron chi connectivity index (χ3n) is 3.52. The van der Waals surface area contributed by atoms with Gasteiger partial charge in [0.2, 0.25) is 5.95 Å². The lowest BCUT2D eigenvalue weighted by molar-refractivity contribution is -0.0844. The highest BCUT2D eigenvalue weighted by Gasteiger charge is 2.53. The van der Waals surface area contributed by atoms with Crippen LogP contribution in [0.1, 0.15) is 20.1 Å². The van der Waals surface area contributed by atoms with E-state index in [1.807, 2.05) is 0 Å². The number of imidazole rings is 1. The lowest BCUT2D eigenvalue weighted by Crippen LogP contribution is -2.40. The Labute approximate surface area is 193 Å². The minimum atomic E-state index is -4.64. The average Bonchev–Trinajstić information content (AvgIpc) is 3.05. The zero-order valence-electron chi connectivity index (χ0n) is 17.5. The minimum absolute atomic E-state index is 0.0496. The molecule has 35 heavy (non-hydrogen) atoms. The first-order chi connectivity index (χ1) is 15.3. The first kappa shape index (κ1) is 33.3. The Kier molecular flexibility index (Phi) is 11.5. The molecule has 0 radical (unpaired) electrons. The van der Waals surface area contributed by atoms with Crippen LogP contribution in [0.25, 0.3) is 11.2 Å². The molecule has 3 heterocycles. The van der Waals surface area contributed by atoms with E-state index in [0.29, 0.717) is 0 Å². The predicted octanol–water partition coefficient (Wildman–Crippen LogP) is -3.08. The number of H-pyrrole nitrogens is 1. The van der Waals surface area contributed by atoms with Crippen LogP contribution in [0, 0.1) is 0 Å². The number of rotatable bonds is 1. The van der Waals surface area contributed by atoms with Crippen LogP contribution in [0.4, 0.5) is 10.3 Å². The molecule has 0 saturated carbocycles. The van der Waals surface area contributed by atoms with Gasteiger partial charge in [-0.15, -0.1) is 0 Å². The maximum Gasteiger partial charge on any atom is 0.466 e. The molecule has 2 unspecified atom stereocenters. The summed E-state index contributed by atoms with van der Waals surface area (Å²) in [5.74, 6) is -0.0910. The van der Waals surface area contributed by atoms with Crippen LogP contribution in [-0.4, -0.2) is 86.5 Å². The molecule has 4 atom stereocenters. The first-order valence-electron chi connectivity index (χ1n) is 8.41. The van der Waals surface area contributed by atoms with Gasteiger partial charge >= 0.3 is 23.5 Å². The van der Waals surface area contributed by atoms with E-state index in [-0.39, 0.29) is 17.1 Å². The highest BCUT2D eigenvalue weighted by Crippen LogP contribution is 2.40. The molecule has 0 spiro atoms. The van der Waals surface area contributed by atoms with Gasteiger partial charge in [-0.1, -0.05) is 0 Å². The van der Waals surface area contributed by atoms with Crippen molar-refractivity contribution < 1.29 is 72.0 Å². The number of aromatic nitrogens is 4. The Balaban J connectivity index is 0.000000635. The van der Waals surface area contributed by atoms with Crippen LogP contribution in [0.2, 0.25) is 0 Å². The number of aliphatic hydroxyl groups is 1. The van der Waals surface area contributed by atoms with Crippen molar-refractivity contribution in [1.82, 2.24) is 19.5 Å². The van der Waals surface area contributed by atoms with E-state index in [2.05, 4.69) is 15.0 Å². The second-order valence-electron chi connectivity index (χ2n) is 6.64. The van der Waals surface area contributed by atoms with Crippen LogP contribution in [0.15, 0.2) is 11.1 Å². The molecular formula is C11H23FN5O15P3. The normalized spacial score (nSPS) is 24.4. The maximum absolute atomic E-state index is 14.0. The number of hydrogen-bond acceptors (Lipinski definition) is 9. The van der Waals surface area contributed by atoms with Gasteiger partial charge in [0.15, 0.2) is 23.6 Å². The van der Waals surface area contributed by atoms with Crippen molar-refractivity contribution in [3.8, 4) is 0 Å². The van der Waals surface area contributed by atoms with Crippen molar-refractivity contribution in [2.24, 2.45) is 0 Å². The topological polar surface area (TPSA) is 352 Å². The van der Waals surface area contributed by atoms with Gasteiger partial charge in [0.25, 0.3) is 5.56 Å². The van der Waals surface area contributed by atoms with Gasteiger partial charge < -0.3 is 59.6 Å². The zero-order valence-corrected chi connectivity index (χ0v) is 20.1. The second kappa shape index (κ2) is 12.0. The van der Waals surface area contributed by atoms with Crippen molar-refractivity contribution in [2.75, 3.05) is 5.73 Å². The molecule has 20 nitrogen and oxygen atoms in total. The first-order valence-corrected chi connectivity index (χ1v) is 13.1. The molecule has 0 aromatic carbocycles. The van der Waals surface area contributed by atoms with Crippen LogP contribution < -0.4 is 11.3 Å². The summed E-state index contributed by atoms with van der Waals surface area (Å²) in [7, 11) is -13.9. The molecule has 1 aliphatic rings. The number of nitrogen functional groups attached to an aromatic ring is 1.